The van der Waals surface area contributed by atoms with E-state index in [2.05, 4.69) is 24.0 Å². The number of benzene rings is 1. The highest BCUT2D eigenvalue weighted by molar-refractivity contribution is 7.84. The first kappa shape index (κ1) is 16.6. The van der Waals surface area contributed by atoms with Crippen molar-refractivity contribution in [1.82, 2.24) is 5.32 Å². The molecular weight excluding hydrogens is 324 g/mol. The summed E-state index contributed by atoms with van der Waals surface area (Å²) < 4.78 is 5.06. The minimum absolute atomic E-state index is 0.177. The molecule has 2 aliphatic rings. The van der Waals surface area contributed by atoms with E-state index in [4.69, 9.17) is 4.74 Å². The van der Waals surface area contributed by atoms with Gasteiger partial charge in [0.05, 0.1) is 23.3 Å². The summed E-state index contributed by atoms with van der Waals surface area (Å²) in [4.78, 5) is 24.7. The number of rotatable bonds is 4. The summed E-state index contributed by atoms with van der Waals surface area (Å²) in [5, 5.41) is 12.2. The van der Waals surface area contributed by atoms with Crippen molar-refractivity contribution in [2.45, 2.75) is 31.6 Å². The molecule has 24 heavy (non-hydrogen) atoms. The van der Waals surface area contributed by atoms with Gasteiger partial charge in [-0.3, -0.25) is 9.59 Å². The molecule has 1 aromatic rings. The van der Waals surface area contributed by atoms with Gasteiger partial charge in [0, 0.05) is 5.92 Å². The van der Waals surface area contributed by atoms with Crippen LogP contribution in [0.5, 0.6) is 0 Å². The van der Waals surface area contributed by atoms with Gasteiger partial charge in [-0.2, -0.15) is 5.26 Å². The summed E-state index contributed by atoms with van der Waals surface area (Å²) in [6.07, 6.45) is 2.29. The molecule has 1 heterocycles. The zero-order valence-electron chi connectivity index (χ0n) is 13.3. The Bertz CT molecular complexity index is 762. The van der Waals surface area contributed by atoms with Gasteiger partial charge in [0.1, 0.15) is 5.92 Å². The van der Waals surface area contributed by atoms with Crippen molar-refractivity contribution in [1.29, 1.82) is 5.26 Å². The normalized spacial score (nSPS) is 23.5. The SMILES string of the molecule is CCOC(=O)C1C(=O)NC(S)=C(C#N)C1c1cccc(C2CC2)c1. The Morgan fingerprint density at radius 3 is 2.75 bits per heavy atom. The highest BCUT2D eigenvalue weighted by Crippen LogP contribution is 2.43. The van der Waals surface area contributed by atoms with E-state index in [1.54, 1.807) is 6.92 Å². The Balaban J connectivity index is 2.08. The first-order valence-corrected chi connectivity index (χ1v) is 8.42. The molecule has 6 heteroatoms. The predicted octanol–water partition coefficient (Wildman–Crippen LogP) is 2.62. The monoisotopic (exact) mass is 342 g/mol. The number of allylic oxidation sites excluding steroid dienone is 1. The zero-order chi connectivity index (χ0) is 17.3. The van der Waals surface area contributed by atoms with Crippen molar-refractivity contribution in [2.24, 2.45) is 5.92 Å². The molecule has 1 aliphatic heterocycles. The Hall–Kier alpha value is -2.26. The van der Waals surface area contributed by atoms with Gasteiger partial charge < -0.3 is 10.1 Å². The van der Waals surface area contributed by atoms with Crippen LogP contribution in [0.15, 0.2) is 34.9 Å². The number of carbonyl (C=O) groups excluding carboxylic acids is 2. The van der Waals surface area contributed by atoms with Gasteiger partial charge in [-0.25, -0.2) is 0 Å². The van der Waals surface area contributed by atoms with Crippen LogP contribution in [0.1, 0.15) is 42.7 Å². The Morgan fingerprint density at radius 2 is 2.12 bits per heavy atom. The quantitative estimate of drug-likeness (QED) is 0.501. The summed E-state index contributed by atoms with van der Waals surface area (Å²) in [7, 11) is 0. The molecule has 0 radical (unpaired) electrons. The molecule has 1 aliphatic carbocycles. The second-order valence-electron chi connectivity index (χ2n) is 6.02. The standard InChI is InChI=1S/C18H18N2O3S/c1-2-23-18(22)15-14(13(9-19)17(24)20-16(15)21)12-5-3-4-11(8-12)10-6-7-10/h3-5,8,10,14-15,24H,2,6-7H2,1H3,(H,20,21). The van der Waals surface area contributed by atoms with Crippen molar-refractivity contribution in [2.75, 3.05) is 6.61 Å². The summed E-state index contributed by atoms with van der Waals surface area (Å²) in [6, 6.07) is 9.88. The molecule has 5 nitrogen and oxygen atoms in total. The Morgan fingerprint density at radius 1 is 1.42 bits per heavy atom. The number of hydrogen-bond acceptors (Lipinski definition) is 5. The van der Waals surface area contributed by atoms with E-state index in [1.807, 2.05) is 24.3 Å². The fraction of sp³-hybridized carbons (Fsp3) is 0.389. The van der Waals surface area contributed by atoms with Crippen molar-refractivity contribution in [3.8, 4) is 6.07 Å². The summed E-state index contributed by atoms with van der Waals surface area (Å²) in [5.74, 6) is -2.32. The summed E-state index contributed by atoms with van der Waals surface area (Å²) in [5.41, 5.74) is 2.23. The minimum Gasteiger partial charge on any atom is -0.465 e. The molecule has 1 aromatic carbocycles. The molecule has 0 bridgehead atoms. The third kappa shape index (κ3) is 3.04. The van der Waals surface area contributed by atoms with E-state index < -0.39 is 23.7 Å². The van der Waals surface area contributed by atoms with Crippen LogP contribution >= 0.6 is 12.6 Å². The van der Waals surface area contributed by atoms with Gasteiger partial charge in [-0.1, -0.05) is 24.3 Å². The highest BCUT2D eigenvalue weighted by atomic mass is 32.1. The van der Waals surface area contributed by atoms with Crippen LogP contribution in [-0.2, 0) is 14.3 Å². The number of nitriles is 1. The van der Waals surface area contributed by atoms with Gasteiger partial charge in [0.15, 0.2) is 0 Å². The van der Waals surface area contributed by atoms with Crippen LogP contribution in [0.2, 0.25) is 0 Å². The first-order chi connectivity index (χ1) is 11.6. The minimum atomic E-state index is -1.08. The fourth-order valence-corrected chi connectivity index (χ4v) is 3.41. The van der Waals surface area contributed by atoms with Crippen LogP contribution in [0.4, 0.5) is 0 Å². The Labute approximate surface area is 146 Å². The average Bonchev–Trinajstić information content (AvgIpc) is 3.39. The lowest BCUT2D eigenvalue weighted by molar-refractivity contribution is -0.152. The first-order valence-electron chi connectivity index (χ1n) is 7.97. The number of nitrogens with one attached hydrogen (secondary N) is 1. The van der Waals surface area contributed by atoms with Crippen LogP contribution in [-0.4, -0.2) is 18.5 Å². The second-order valence-corrected chi connectivity index (χ2v) is 6.46. The van der Waals surface area contributed by atoms with Crippen LogP contribution in [0, 0.1) is 17.2 Å². The van der Waals surface area contributed by atoms with E-state index in [0.29, 0.717) is 5.92 Å². The third-order valence-electron chi connectivity index (χ3n) is 4.40. The fourth-order valence-electron chi connectivity index (χ4n) is 3.11. The number of thiol groups is 1. The van der Waals surface area contributed by atoms with Gasteiger partial charge in [0.25, 0.3) is 0 Å². The summed E-state index contributed by atoms with van der Waals surface area (Å²) in [6.45, 7) is 1.86. The number of nitrogens with zero attached hydrogens (tertiary/aromatic N) is 1. The lowest BCUT2D eigenvalue weighted by atomic mass is 9.78. The predicted molar refractivity (Wildman–Crippen MR) is 91.0 cm³/mol. The largest absolute Gasteiger partial charge is 0.465 e. The molecule has 0 aromatic heterocycles. The van der Waals surface area contributed by atoms with Crippen LogP contribution < -0.4 is 5.32 Å². The number of esters is 1. The van der Waals surface area contributed by atoms with E-state index in [9.17, 15) is 14.9 Å². The van der Waals surface area contributed by atoms with Gasteiger partial charge >= 0.3 is 5.97 Å². The maximum Gasteiger partial charge on any atom is 0.319 e. The van der Waals surface area contributed by atoms with Crippen LogP contribution in [0.3, 0.4) is 0 Å². The van der Waals surface area contributed by atoms with Crippen LogP contribution in [0.25, 0.3) is 0 Å². The van der Waals surface area contributed by atoms with E-state index in [1.165, 1.54) is 5.56 Å². The second kappa shape index (κ2) is 6.70. The van der Waals surface area contributed by atoms with E-state index >= 15 is 0 Å². The number of amides is 1. The van der Waals surface area contributed by atoms with Gasteiger partial charge in [-0.05, 0) is 36.8 Å². The smallest absolute Gasteiger partial charge is 0.319 e. The molecular formula is C18H18N2O3S. The Kier molecular flexibility index (Phi) is 4.63. The average molecular weight is 342 g/mol. The van der Waals surface area contributed by atoms with Gasteiger partial charge in [-0.15, -0.1) is 12.6 Å². The number of ether oxygens (including phenoxy) is 1. The lowest BCUT2D eigenvalue weighted by Gasteiger charge is -2.30. The molecule has 1 saturated carbocycles. The summed E-state index contributed by atoms with van der Waals surface area (Å²) >= 11 is 4.22. The molecule has 1 N–H and O–H groups in total. The van der Waals surface area contributed by atoms with Gasteiger partial charge in [0.2, 0.25) is 5.91 Å². The maximum absolute atomic E-state index is 12.4. The lowest BCUT2D eigenvalue weighted by Crippen LogP contribution is -2.43. The highest BCUT2D eigenvalue weighted by Gasteiger charge is 2.44. The zero-order valence-corrected chi connectivity index (χ0v) is 14.2. The molecule has 2 unspecified atom stereocenters. The van der Waals surface area contributed by atoms with E-state index in [0.717, 1.165) is 18.4 Å². The number of hydrogen-bond donors (Lipinski definition) is 2. The third-order valence-corrected chi connectivity index (χ3v) is 4.76. The molecule has 0 spiro atoms. The van der Waals surface area contributed by atoms with E-state index in [-0.39, 0.29) is 17.2 Å². The van der Waals surface area contributed by atoms with Crippen molar-refractivity contribution >= 4 is 24.5 Å². The van der Waals surface area contributed by atoms with Crippen molar-refractivity contribution in [3.05, 3.63) is 46.0 Å². The maximum atomic E-state index is 12.4. The molecule has 1 amide bonds. The number of carbonyl (C=O) groups is 2. The molecule has 2 atom stereocenters. The molecule has 3 rings (SSSR count). The molecule has 1 fully saturated rings. The topological polar surface area (TPSA) is 79.2 Å². The molecule has 124 valence electrons. The molecule has 0 saturated heterocycles. The van der Waals surface area contributed by atoms with Crippen molar-refractivity contribution < 1.29 is 14.3 Å². The van der Waals surface area contributed by atoms with Crippen molar-refractivity contribution in [3.63, 3.8) is 0 Å².